The van der Waals surface area contributed by atoms with Gasteiger partial charge in [-0.3, -0.25) is 9.69 Å². The summed E-state index contributed by atoms with van der Waals surface area (Å²) in [6.07, 6.45) is 3.25. The maximum atomic E-state index is 12.6. The minimum Gasteiger partial charge on any atom is -0.379 e. The number of benzene rings is 1. The lowest BCUT2D eigenvalue weighted by atomic mass is 9.90. The molecule has 7 nitrogen and oxygen atoms in total. The van der Waals surface area contributed by atoms with Crippen molar-refractivity contribution in [3.05, 3.63) is 35.9 Å². The van der Waals surface area contributed by atoms with Crippen LogP contribution in [0.2, 0.25) is 0 Å². The Balaban J connectivity index is 0.00000341. The van der Waals surface area contributed by atoms with Crippen LogP contribution in [0.5, 0.6) is 0 Å². The number of hydrogen-bond donors (Lipinski definition) is 2. The zero-order chi connectivity index (χ0) is 21.0. The van der Waals surface area contributed by atoms with Crippen molar-refractivity contribution in [2.24, 2.45) is 10.9 Å². The number of morpholine rings is 1. The van der Waals surface area contributed by atoms with Gasteiger partial charge in [0.05, 0.1) is 13.2 Å². The van der Waals surface area contributed by atoms with Crippen LogP contribution in [0.25, 0.3) is 0 Å². The molecule has 174 valence electrons. The predicted octanol–water partition coefficient (Wildman–Crippen LogP) is 1.97. The van der Waals surface area contributed by atoms with Gasteiger partial charge in [-0.25, -0.2) is 4.99 Å². The third-order valence-corrected chi connectivity index (χ3v) is 5.88. The van der Waals surface area contributed by atoms with Crippen LogP contribution in [-0.4, -0.2) is 87.2 Å². The van der Waals surface area contributed by atoms with Gasteiger partial charge in [0.1, 0.15) is 6.54 Å². The normalized spacial score (nSPS) is 18.4. The van der Waals surface area contributed by atoms with Gasteiger partial charge in [-0.15, -0.1) is 24.0 Å². The number of carbonyl (C=O) groups is 1. The summed E-state index contributed by atoms with van der Waals surface area (Å²) in [4.78, 5) is 21.5. The van der Waals surface area contributed by atoms with Crippen LogP contribution in [0, 0.1) is 5.92 Å². The number of likely N-dealkylation sites (tertiary alicyclic amines) is 1. The van der Waals surface area contributed by atoms with Crippen LogP contribution in [0.3, 0.4) is 0 Å². The van der Waals surface area contributed by atoms with Crippen molar-refractivity contribution in [3.63, 3.8) is 0 Å². The van der Waals surface area contributed by atoms with E-state index in [4.69, 9.17) is 4.74 Å². The van der Waals surface area contributed by atoms with E-state index in [1.54, 1.807) is 0 Å². The first-order chi connectivity index (χ1) is 14.7. The highest BCUT2D eigenvalue weighted by Gasteiger charge is 2.22. The summed E-state index contributed by atoms with van der Waals surface area (Å²) in [6, 6.07) is 10.7. The molecule has 0 bridgehead atoms. The molecule has 2 aliphatic rings. The van der Waals surface area contributed by atoms with Crippen molar-refractivity contribution >= 4 is 35.8 Å². The van der Waals surface area contributed by atoms with Gasteiger partial charge in [0.25, 0.3) is 0 Å². The number of halogens is 1. The standard InChI is InChI=1S/C23H37N5O2.HI/c1-2-24-23(25-10-13-27-14-16-30-17-15-27)26-19-22(29)28-11-8-21(9-12-28)18-20-6-4-3-5-7-20;/h3-7,21H,2,8-19H2,1H3,(H2,24,25,26);1H. The van der Waals surface area contributed by atoms with Gasteiger partial charge >= 0.3 is 0 Å². The smallest absolute Gasteiger partial charge is 0.244 e. The van der Waals surface area contributed by atoms with Crippen molar-refractivity contribution in [3.8, 4) is 0 Å². The summed E-state index contributed by atoms with van der Waals surface area (Å²) >= 11 is 0. The molecule has 1 aromatic carbocycles. The Bertz CT molecular complexity index is 659. The molecule has 0 spiro atoms. The number of piperidine rings is 1. The molecule has 2 aliphatic heterocycles. The average molecular weight is 543 g/mol. The number of nitrogens with zero attached hydrogens (tertiary/aromatic N) is 3. The minimum absolute atomic E-state index is 0. The fourth-order valence-corrected chi connectivity index (χ4v) is 4.08. The lowest BCUT2D eigenvalue weighted by Gasteiger charge is -2.32. The third kappa shape index (κ3) is 9.33. The van der Waals surface area contributed by atoms with Crippen LogP contribution in [0.15, 0.2) is 35.3 Å². The minimum atomic E-state index is 0. The molecule has 2 heterocycles. The molecule has 2 N–H and O–H groups in total. The van der Waals surface area contributed by atoms with E-state index in [0.29, 0.717) is 5.92 Å². The summed E-state index contributed by atoms with van der Waals surface area (Å²) in [7, 11) is 0. The molecule has 0 aliphatic carbocycles. The Labute approximate surface area is 204 Å². The van der Waals surface area contributed by atoms with Crippen LogP contribution in [-0.2, 0) is 16.0 Å². The molecule has 0 saturated carbocycles. The first-order valence-electron chi connectivity index (χ1n) is 11.4. The number of hydrogen-bond acceptors (Lipinski definition) is 4. The van der Waals surface area contributed by atoms with Crippen molar-refractivity contribution in [1.82, 2.24) is 20.4 Å². The number of amides is 1. The first-order valence-corrected chi connectivity index (χ1v) is 11.4. The number of nitrogens with one attached hydrogen (secondary N) is 2. The van der Waals surface area contributed by atoms with E-state index >= 15 is 0 Å². The molecule has 2 saturated heterocycles. The Kier molecular flexibility index (Phi) is 12.2. The van der Waals surface area contributed by atoms with E-state index in [1.807, 2.05) is 11.8 Å². The maximum Gasteiger partial charge on any atom is 0.244 e. The Morgan fingerprint density at radius 2 is 1.81 bits per heavy atom. The number of carbonyl (C=O) groups excluding carboxylic acids is 1. The highest BCUT2D eigenvalue weighted by atomic mass is 127. The van der Waals surface area contributed by atoms with E-state index in [9.17, 15) is 4.79 Å². The monoisotopic (exact) mass is 543 g/mol. The average Bonchev–Trinajstić information content (AvgIpc) is 2.79. The maximum absolute atomic E-state index is 12.6. The molecular weight excluding hydrogens is 505 g/mol. The van der Waals surface area contributed by atoms with Crippen molar-refractivity contribution in [1.29, 1.82) is 0 Å². The van der Waals surface area contributed by atoms with E-state index in [0.717, 1.165) is 84.2 Å². The molecular formula is C23H38IN5O2. The van der Waals surface area contributed by atoms with Crippen molar-refractivity contribution in [2.75, 3.05) is 65.6 Å². The summed E-state index contributed by atoms with van der Waals surface area (Å²) in [5, 5.41) is 6.58. The van der Waals surface area contributed by atoms with Gasteiger partial charge < -0.3 is 20.3 Å². The highest BCUT2D eigenvalue weighted by Crippen LogP contribution is 2.21. The summed E-state index contributed by atoms with van der Waals surface area (Å²) in [6.45, 7) is 10.1. The van der Waals surface area contributed by atoms with E-state index in [1.165, 1.54) is 5.56 Å². The Hall–Kier alpha value is -1.39. The second kappa shape index (κ2) is 14.6. The van der Waals surface area contributed by atoms with Gasteiger partial charge in [-0.2, -0.15) is 0 Å². The molecule has 8 heteroatoms. The van der Waals surface area contributed by atoms with Gasteiger partial charge in [-0.05, 0) is 37.7 Å². The van der Waals surface area contributed by atoms with Crippen LogP contribution >= 0.6 is 24.0 Å². The second-order valence-electron chi connectivity index (χ2n) is 8.09. The quantitative estimate of drug-likeness (QED) is 0.298. The summed E-state index contributed by atoms with van der Waals surface area (Å²) in [5.41, 5.74) is 1.39. The SMILES string of the molecule is CCNC(=NCC(=O)N1CCC(Cc2ccccc2)CC1)NCCN1CCOCC1.I. The molecule has 0 aromatic heterocycles. The Morgan fingerprint density at radius 3 is 2.48 bits per heavy atom. The third-order valence-electron chi connectivity index (χ3n) is 5.88. The Morgan fingerprint density at radius 1 is 1.10 bits per heavy atom. The number of ether oxygens (including phenoxy) is 1. The lowest BCUT2D eigenvalue weighted by Crippen LogP contribution is -2.45. The molecule has 1 amide bonds. The molecule has 3 rings (SSSR count). The highest BCUT2D eigenvalue weighted by molar-refractivity contribution is 14.0. The van der Waals surface area contributed by atoms with E-state index in [2.05, 4.69) is 50.9 Å². The van der Waals surface area contributed by atoms with Crippen LogP contribution in [0.1, 0.15) is 25.3 Å². The molecule has 1 aromatic rings. The zero-order valence-corrected chi connectivity index (χ0v) is 21.1. The number of guanidine groups is 1. The van der Waals surface area contributed by atoms with E-state index in [-0.39, 0.29) is 36.4 Å². The molecule has 2 fully saturated rings. The largest absolute Gasteiger partial charge is 0.379 e. The van der Waals surface area contributed by atoms with Crippen LogP contribution < -0.4 is 10.6 Å². The van der Waals surface area contributed by atoms with Crippen molar-refractivity contribution in [2.45, 2.75) is 26.2 Å². The van der Waals surface area contributed by atoms with Gasteiger partial charge in [0.15, 0.2) is 5.96 Å². The predicted molar refractivity (Wildman–Crippen MR) is 136 cm³/mol. The van der Waals surface area contributed by atoms with Gasteiger partial charge in [-0.1, -0.05) is 30.3 Å². The van der Waals surface area contributed by atoms with Gasteiger partial charge in [0, 0.05) is 45.8 Å². The second-order valence-corrected chi connectivity index (χ2v) is 8.09. The first kappa shape index (κ1) is 25.9. The van der Waals surface area contributed by atoms with Crippen molar-refractivity contribution < 1.29 is 9.53 Å². The summed E-state index contributed by atoms with van der Waals surface area (Å²) < 4.78 is 5.38. The molecule has 0 radical (unpaired) electrons. The molecule has 31 heavy (non-hydrogen) atoms. The molecule has 0 atom stereocenters. The number of rotatable bonds is 8. The topological polar surface area (TPSA) is 69.2 Å². The van der Waals surface area contributed by atoms with Crippen LogP contribution in [0.4, 0.5) is 0 Å². The lowest BCUT2D eigenvalue weighted by molar-refractivity contribution is -0.130. The summed E-state index contributed by atoms with van der Waals surface area (Å²) in [5.74, 6) is 1.51. The fraction of sp³-hybridized carbons (Fsp3) is 0.652. The fourth-order valence-electron chi connectivity index (χ4n) is 4.08. The zero-order valence-electron chi connectivity index (χ0n) is 18.7. The molecule has 0 unspecified atom stereocenters. The number of aliphatic imine (C=N–C) groups is 1. The van der Waals surface area contributed by atoms with Gasteiger partial charge in [0.2, 0.25) is 5.91 Å². The van der Waals surface area contributed by atoms with E-state index < -0.39 is 0 Å².